The molecule has 0 aliphatic heterocycles. The number of aromatic carboxylic acids is 1. The zero-order valence-electron chi connectivity index (χ0n) is 9.56. The summed E-state index contributed by atoms with van der Waals surface area (Å²) in [6.07, 6.45) is 0. The van der Waals surface area contributed by atoms with Gasteiger partial charge in [0.1, 0.15) is 0 Å². The van der Waals surface area contributed by atoms with E-state index in [1.165, 1.54) is 0 Å². The van der Waals surface area contributed by atoms with E-state index >= 15 is 0 Å². The third-order valence-corrected chi connectivity index (χ3v) is 2.92. The van der Waals surface area contributed by atoms with Crippen LogP contribution in [0.25, 0.3) is 0 Å². The van der Waals surface area contributed by atoms with Gasteiger partial charge in [-0.15, -0.1) is 0 Å². The van der Waals surface area contributed by atoms with Crippen molar-refractivity contribution in [1.82, 2.24) is 0 Å². The van der Waals surface area contributed by atoms with Gasteiger partial charge in [0.2, 0.25) is 0 Å². The summed E-state index contributed by atoms with van der Waals surface area (Å²) in [5.41, 5.74) is 1.99. The van der Waals surface area contributed by atoms with Gasteiger partial charge in [-0.25, -0.2) is 4.79 Å². The summed E-state index contributed by atoms with van der Waals surface area (Å²) in [6.45, 7) is 0.558. The van der Waals surface area contributed by atoms with Crippen LogP contribution >= 0.6 is 11.6 Å². The van der Waals surface area contributed by atoms with Gasteiger partial charge in [-0.05, 0) is 29.8 Å². The molecule has 2 rings (SSSR count). The first-order chi connectivity index (χ1) is 8.66. The van der Waals surface area contributed by atoms with Gasteiger partial charge in [0.25, 0.3) is 0 Å². The lowest BCUT2D eigenvalue weighted by molar-refractivity contribution is 0.0697. The summed E-state index contributed by atoms with van der Waals surface area (Å²) in [5, 5.41) is 12.7. The summed E-state index contributed by atoms with van der Waals surface area (Å²) in [4.78, 5) is 10.8. The molecule has 0 aliphatic rings. The lowest BCUT2D eigenvalue weighted by atomic mass is 10.2. The second-order valence-corrected chi connectivity index (χ2v) is 4.24. The van der Waals surface area contributed by atoms with Crippen LogP contribution in [-0.2, 0) is 6.54 Å². The Kier molecular flexibility index (Phi) is 3.85. The standard InChI is InChI=1S/C14H12ClNO2/c15-13-7-2-1-4-11(13)9-16-12-6-3-5-10(8-12)14(17)18/h1-8,16H,9H2,(H,17,18). The highest BCUT2D eigenvalue weighted by atomic mass is 35.5. The first kappa shape index (κ1) is 12.5. The fourth-order valence-corrected chi connectivity index (χ4v) is 1.80. The van der Waals surface area contributed by atoms with E-state index in [-0.39, 0.29) is 5.56 Å². The maximum absolute atomic E-state index is 10.8. The molecule has 2 aromatic rings. The Morgan fingerprint density at radius 3 is 2.67 bits per heavy atom. The van der Waals surface area contributed by atoms with Crippen LogP contribution in [0.4, 0.5) is 5.69 Å². The van der Waals surface area contributed by atoms with Crippen LogP contribution in [0.5, 0.6) is 0 Å². The monoisotopic (exact) mass is 261 g/mol. The van der Waals surface area contributed by atoms with E-state index in [0.717, 1.165) is 11.3 Å². The molecule has 0 saturated carbocycles. The number of carboxylic acid groups (broad SMARTS) is 1. The maximum Gasteiger partial charge on any atom is 0.335 e. The van der Waals surface area contributed by atoms with Gasteiger partial charge < -0.3 is 10.4 Å². The minimum Gasteiger partial charge on any atom is -0.478 e. The molecule has 4 heteroatoms. The molecule has 0 spiro atoms. The predicted molar refractivity (Wildman–Crippen MR) is 72.2 cm³/mol. The van der Waals surface area contributed by atoms with Gasteiger partial charge in [0, 0.05) is 17.3 Å². The van der Waals surface area contributed by atoms with Crippen molar-refractivity contribution in [3.63, 3.8) is 0 Å². The van der Waals surface area contributed by atoms with Crippen molar-refractivity contribution < 1.29 is 9.90 Å². The van der Waals surface area contributed by atoms with E-state index in [0.29, 0.717) is 11.6 Å². The average Bonchev–Trinajstić information content (AvgIpc) is 2.38. The van der Waals surface area contributed by atoms with Gasteiger partial charge >= 0.3 is 5.97 Å². The molecular formula is C14H12ClNO2. The van der Waals surface area contributed by atoms with Gasteiger partial charge in [-0.2, -0.15) is 0 Å². The molecule has 0 radical (unpaired) electrons. The maximum atomic E-state index is 10.8. The molecule has 0 fully saturated rings. The van der Waals surface area contributed by atoms with Gasteiger partial charge in [-0.1, -0.05) is 35.9 Å². The quantitative estimate of drug-likeness (QED) is 0.883. The Labute approximate surface area is 110 Å². The number of halogens is 1. The van der Waals surface area contributed by atoms with Crippen LogP contribution < -0.4 is 5.32 Å². The van der Waals surface area contributed by atoms with Crippen LogP contribution in [0, 0.1) is 0 Å². The van der Waals surface area contributed by atoms with E-state index in [9.17, 15) is 4.79 Å². The number of carbonyl (C=O) groups is 1. The van der Waals surface area contributed by atoms with Crippen LogP contribution in [0.1, 0.15) is 15.9 Å². The molecule has 0 aliphatic carbocycles. The summed E-state index contributed by atoms with van der Waals surface area (Å²) in [5.74, 6) is -0.934. The van der Waals surface area contributed by atoms with E-state index in [2.05, 4.69) is 5.32 Å². The molecule has 0 heterocycles. The van der Waals surface area contributed by atoms with Crippen molar-refractivity contribution >= 4 is 23.3 Å². The van der Waals surface area contributed by atoms with Gasteiger partial charge in [0.15, 0.2) is 0 Å². The van der Waals surface area contributed by atoms with Gasteiger partial charge in [0.05, 0.1) is 5.56 Å². The Balaban J connectivity index is 2.09. The van der Waals surface area contributed by atoms with E-state index < -0.39 is 5.97 Å². The lowest BCUT2D eigenvalue weighted by Crippen LogP contribution is -2.02. The smallest absolute Gasteiger partial charge is 0.335 e. The Morgan fingerprint density at radius 2 is 1.94 bits per heavy atom. The van der Waals surface area contributed by atoms with Crippen LogP contribution in [-0.4, -0.2) is 11.1 Å². The second kappa shape index (κ2) is 5.56. The van der Waals surface area contributed by atoms with Crippen molar-refractivity contribution in [2.75, 3.05) is 5.32 Å². The highest BCUT2D eigenvalue weighted by Gasteiger charge is 2.03. The minimum atomic E-state index is -0.934. The fourth-order valence-electron chi connectivity index (χ4n) is 1.60. The number of nitrogens with one attached hydrogen (secondary N) is 1. The molecule has 0 atom stereocenters. The molecule has 0 amide bonds. The van der Waals surface area contributed by atoms with Crippen molar-refractivity contribution in [1.29, 1.82) is 0 Å². The number of anilines is 1. The SMILES string of the molecule is O=C(O)c1cccc(NCc2ccccc2Cl)c1. The highest BCUT2D eigenvalue weighted by molar-refractivity contribution is 6.31. The highest BCUT2D eigenvalue weighted by Crippen LogP contribution is 2.17. The minimum absolute atomic E-state index is 0.263. The fraction of sp³-hybridized carbons (Fsp3) is 0.0714. The van der Waals surface area contributed by atoms with Crippen molar-refractivity contribution in [3.05, 3.63) is 64.7 Å². The van der Waals surface area contributed by atoms with E-state index in [1.807, 2.05) is 30.3 Å². The van der Waals surface area contributed by atoms with Gasteiger partial charge in [-0.3, -0.25) is 0 Å². The third-order valence-electron chi connectivity index (χ3n) is 2.55. The second-order valence-electron chi connectivity index (χ2n) is 3.83. The summed E-state index contributed by atoms with van der Waals surface area (Å²) < 4.78 is 0. The predicted octanol–water partition coefficient (Wildman–Crippen LogP) is 3.65. The number of carboxylic acids is 1. The Morgan fingerprint density at radius 1 is 1.17 bits per heavy atom. The molecular weight excluding hydrogens is 250 g/mol. The number of hydrogen-bond acceptors (Lipinski definition) is 2. The van der Waals surface area contributed by atoms with E-state index in [1.54, 1.807) is 18.2 Å². The number of benzene rings is 2. The molecule has 0 saturated heterocycles. The van der Waals surface area contributed by atoms with E-state index in [4.69, 9.17) is 16.7 Å². The average molecular weight is 262 g/mol. The normalized spacial score (nSPS) is 10.1. The topological polar surface area (TPSA) is 49.3 Å². The van der Waals surface area contributed by atoms with Crippen LogP contribution in [0.3, 0.4) is 0 Å². The largest absolute Gasteiger partial charge is 0.478 e. The molecule has 0 unspecified atom stereocenters. The zero-order valence-corrected chi connectivity index (χ0v) is 10.3. The van der Waals surface area contributed by atoms with Crippen molar-refractivity contribution in [2.24, 2.45) is 0 Å². The summed E-state index contributed by atoms with van der Waals surface area (Å²) in [6, 6.07) is 14.2. The van der Waals surface area contributed by atoms with Crippen LogP contribution in [0.2, 0.25) is 5.02 Å². The zero-order chi connectivity index (χ0) is 13.0. The lowest BCUT2D eigenvalue weighted by Gasteiger charge is -2.08. The van der Waals surface area contributed by atoms with Crippen molar-refractivity contribution in [3.8, 4) is 0 Å². The number of hydrogen-bond donors (Lipinski definition) is 2. The summed E-state index contributed by atoms with van der Waals surface area (Å²) >= 11 is 6.04. The molecule has 2 N–H and O–H groups in total. The Bertz CT molecular complexity index is 569. The summed E-state index contributed by atoms with van der Waals surface area (Å²) in [7, 11) is 0. The molecule has 92 valence electrons. The molecule has 0 bridgehead atoms. The molecule has 2 aromatic carbocycles. The molecule has 3 nitrogen and oxygen atoms in total. The van der Waals surface area contributed by atoms with Crippen LogP contribution in [0.15, 0.2) is 48.5 Å². The Hall–Kier alpha value is -2.00. The third kappa shape index (κ3) is 3.02. The molecule has 0 aromatic heterocycles. The van der Waals surface area contributed by atoms with Crippen molar-refractivity contribution in [2.45, 2.75) is 6.54 Å². The first-order valence-electron chi connectivity index (χ1n) is 5.47. The first-order valence-corrected chi connectivity index (χ1v) is 5.85. The molecule has 18 heavy (non-hydrogen) atoms. The number of rotatable bonds is 4.